The summed E-state index contributed by atoms with van der Waals surface area (Å²) >= 11 is 0. The minimum atomic E-state index is -0.891. The van der Waals surface area contributed by atoms with Crippen LogP contribution >= 0.6 is 0 Å². The van der Waals surface area contributed by atoms with E-state index in [1.807, 2.05) is 20.8 Å². The Morgan fingerprint density at radius 1 is 1.44 bits per heavy atom. The summed E-state index contributed by atoms with van der Waals surface area (Å²) in [6.45, 7) is 6.16. The van der Waals surface area contributed by atoms with Gasteiger partial charge in [0.1, 0.15) is 0 Å². The van der Waals surface area contributed by atoms with Gasteiger partial charge in [-0.15, -0.1) is 0 Å². The van der Waals surface area contributed by atoms with E-state index < -0.39 is 16.2 Å². The Morgan fingerprint density at radius 2 is 1.94 bits per heavy atom. The van der Waals surface area contributed by atoms with Gasteiger partial charge >= 0.3 is 0 Å². The van der Waals surface area contributed by atoms with Crippen LogP contribution in [0, 0.1) is 5.41 Å². The van der Waals surface area contributed by atoms with E-state index in [1.54, 1.807) is 6.26 Å². The molecule has 5 heteroatoms. The molecule has 1 amide bonds. The molecular weight excluding hydrogens is 224 g/mol. The predicted octanol–water partition coefficient (Wildman–Crippen LogP) is 0.635. The highest BCUT2D eigenvalue weighted by Gasteiger charge is 2.33. The van der Waals surface area contributed by atoms with Gasteiger partial charge in [-0.1, -0.05) is 13.8 Å². The highest BCUT2D eigenvalue weighted by Crippen LogP contribution is 2.25. The molecule has 0 aliphatic heterocycles. The van der Waals surface area contributed by atoms with E-state index in [9.17, 15) is 9.00 Å². The Labute approximate surface area is 101 Å². The summed E-state index contributed by atoms with van der Waals surface area (Å²) in [5.74, 6) is 0.470. The zero-order chi connectivity index (χ0) is 12.8. The molecule has 16 heavy (non-hydrogen) atoms. The van der Waals surface area contributed by atoms with Crippen LogP contribution in [0.5, 0.6) is 0 Å². The van der Waals surface area contributed by atoms with Gasteiger partial charge in [0.2, 0.25) is 5.91 Å². The third-order valence-corrected chi connectivity index (χ3v) is 4.06. The van der Waals surface area contributed by atoms with Crippen molar-refractivity contribution in [3.8, 4) is 0 Å². The maximum absolute atomic E-state index is 12.1. The number of hydrogen-bond donors (Lipinski definition) is 2. The molecule has 0 bridgehead atoms. The van der Waals surface area contributed by atoms with Crippen molar-refractivity contribution < 1.29 is 9.00 Å². The van der Waals surface area contributed by atoms with E-state index in [2.05, 4.69) is 5.32 Å². The number of rotatable bonds is 7. The molecule has 0 aromatic rings. The molecule has 4 nitrogen and oxygen atoms in total. The van der Waals surface area contributed by atoms with Crippen molar-refractivity contribution >= 4 is 16.7 Å². The summed E-state index contributed by atoms with van der Waals surface area (Å²) in [6.07, 6.45) is 3.10. The average Bonchev–Trinajstić information content (AvgIpc) is 2.19. The second kappa shape index (κ2) is 7.01. The highest BCUT2D eigenvalue weighted by molar-refractivity contribution is 7.84. The van der Waals surface area contributed by atoms with E-state index in [0.717, 1.165) is 12.8 Å². The van der Waals surface area contributed by atoms with E-state index in [-0.39, 0.29) is 11.9 Å². The molecular formula is C11H24N2O2S. The first kappa shape index (κ1) is 15.6. The summed E-state index contributed by atoms with van der Waals surface area (Å²) in [5, 5.41) is 2.89. The highest BCUT2D eigenvalue weighted by atomic mass is 32.2. The monoisotopic (exact) mass is 248 g/mol. The lowest BCUT2D eigenvalue weighted by Gasteiger charge is -2.30. The molecule has 0 aliphatic carbocycles. The Morgan fingerprint density at radius 3 is 2.25 bits per heavy atom. The summed E-state index contributed by atoms with van der Waals surface area (Å²) in [5.41, 5.74) is 5.22. The van der Waals surface area contributed by atoms with Gasteiger partial charge in [-0.25, -0.2) is 0 Å². The summed E-state index contributed by atoms with van der Waals surface area (Å²) < 4.78 is 11.0. The van der Waals surface area contributed by atoms with Gasteiger partial charge in [-0.3, -0.25) is 9.00 Å². The van der Waals surface area contributed by atoms with Crippen molar-refractivity contribution in [2.75, 3.05) is 18.6 Å². The standard InChI is InChI=1S/C11H24N2O2S/c1-5-11(6-2,8-12)10(14)13-9(3)7-16(4)15/h9H,5-8,12H2,1-4H3,(H,13,14). The smallest absolute Gasteiger partial charge is 0.227 e. The Bertz CT molecular complexity index is 244. The van der Waals surface area contributed by atoms with E-state index in [0.29, 0.717) is 12.3 Å². The number of hydrogen-bond acceptors (Lipinski definition) is 3. The van der Waals surface area contributed by atoms with Crippen molar-refractivity contribution in [3.63, 3.8) is 0 Å². The topological polar surface area (TPSA) is 72.2 Å². The quantitative estimate of drug-likeness (QED) is 0.694. The number of nitrogens with one attached hydrogen (secondary N) is 1. The van der Waals surface area contributed by atoms with Gasteiger partial charge in [-0.05, 0) is 19.8 Å². The van der Waals surface area contributed by atoms with Crippen molar-refractivity contribution in [2.45, 2.75) is 39.7 Å². The van der Waals surface area contributed by atoms with Crippen LogP contribution in [0.3, 0.4) is 0 Å². The second-order valence-corrected chi connectivity index (χ2v) is 5.79. The molecule has 0 saturated heterocycles. The second-order valence-electron chi connectivity index (χ2n) is 4.31. The molecule has 0 aliphatic rings. The molecule has 0 saturated carbocycles. The first-order valence-corrected chi connectivity index (χ1v) is 7.45. The average molecular weight is 248 g/mol. The molecule has 0 fully saturated rings. The molecule has 0 heterocycles. The molecule has 3 N–H and O–H groups in total. The fourth-order valence-corrected chi connectivity index (χ4v) is 2.51. The van der Waals surface area contributed by atoms with Crippen molar-refractivity contribution in [1.29, 1.82) is 0 Å². The van der Waals surface area contributed by atoms with Crippen molar-refractivity contribution in [3.05, 3.63) is 0 Å². The molecule has 0 aromatic heterocycles. The predicted molar refractivity (Wildman–Crippen MR) is 68.6 cm³/mol. The van der Waals surface area contributed by atoms with Crippen LogP contribution in [0.4, 0.5) is 0 Å². The zero-order valence-corrected chi connectivity index (χ0v) is 11.5. The molecule has 2 unspecified atom stereocenters. The summed E-state index contributed by atoms with van der Waals surface area (Å²) in [6, 6.07) is -0.0673. The Kier molecular flexibility index (Phi) is 6.83. The van der Waals surface area contributed by atoms with E-state index in [1.165, 1.54) is 0 Å². The Balaban J connectivity index is 4.47. The van der Waals surface area contributed by atoms with Gasteiger partial charge in [0, 0.05) is 35.4 Å². The van der Waals surface area contributed by atoms with Gasteiger partial charge in [0.05, 0.1) is 5.41 Å². The van der Waals surface area contributed by atoms with Crippen LogP contribution in [-0.4, -0.2) is 34.7 Å². The van der Waals surface area contributed by atoms with Gasteiger partial charge in [-0.2, -0.15) is 0 Å². The van der Waals surface area contributed by atoms with Crippen molar-refractivity contribution in [2.24, 2.45) is 11.1 Å². The fourth-order valence-electron chi connectivity index (χ4n) is 1.72. The van der Waals surface area contributed by atoms with E-state index in [4.69, 9.17) is 5.73 Å². The third kappa shape index (κ3) is 4.22. The first-order chi connectivity index (χ1) is 7.41. The molecule has 0 spiro atoms. The van der Waals surface area contributed by atoms with Crippen LogP contribution in [0.1, 0.15) is 33.6 Å². The lowest BCUT2D eigenvalue weighted by molar-refractivity contribution is -0.131. The zero-order valence-electron chi connectivity index (χ0n) is 10.7. The number of carbonyl (C=O) groups is 1. The van der Waals surface area contributed by atoms with Gasteiger partial charge in [0.25, 0.3) is 0 Å². The number of nitrogens with two attached hydrogens (primary N) is 1. The maximum atomic E-state index is 12.1. The summed E-state index contributed by atoms with van der Waals surface area (Å²) in [7, 11) is -0.891. The van der Waals surface area contributed by atoms with Crippen molar-refractivity contribution in [1.82, 2.24) is 5.32 Å². The van der Waals surface area contributed by atoms with Crippen LogP contribution in [0.2, 0.25) is 0 Å². The fraction of sp³-hybridized carbons (Fsp3) is 0.909. The van der Waals surface area contributed by atoms with Gasteiger partial charge < -0.3 is 11.1 Å². The molecule has 96 valence electrons. The molecule has 0 rings (SSSR count). The minimum Gasteiger partial charge on any atom is -0.352 e. The molecule has 0 aromatic carbocycles. The largest absolute Gasteiger partial charge is 0.352 e. The lowest BCUT2D eigenvalue weighted by atomic mass is 9.81. The minimum absolute atomic E-state index is 0.0158. The van der Waals surface area contributed by atoms with Gasteiger partial charge in [0.15, 0.2) is 0 Å². The molecule has 0 radical (unpaired) electrons. The van der Waals surface area contributed by atoms with E-state index >= 15 is 0 Å². The molecule has 2 atom stereocenters. The number of carbonyl (C=O) groups excluding carboxylic acids is 1. The lowest BCUT2D eigenvalue weighted by Crippen LogP contribution is -2.49. The number of amides is 1. The van der Waals surface area contributed by atoms with Crippen LogP contribution in [0.25, 0.3) is 0 Å². The SMILES string of the molecule is CCC(CC)(CN)C(=O)NC(C)CS(C)=O. The third-order valence-electron chi connectivity index (χ3n) is 3.09. The first-order valence-electron chi connectivity index (χ1n) is 5.73. The maximum Gasteiger partial charge on any atom is 0.227 e. The Hall–Kier alpha value is -0.420. The normalized spacial score (nSPS) is 15.6. The van der Waals surface area contributed by atoms with Crippen LogP contribution in [0.15, 0.2) is 0 Å². The van der Waals surface area contributed by atoms with Crippen LogP contribution in [-0.2, 0) is 15.6 Å². The summed E-state index contributed by atoms with van der Waals surface area (Å²) in [4.78, 5) is 12.1. The van der Waals surface area contributed by atoms with Crippen LogP contribution < -0.4 is 11.1 Å².